The molecule has 28 heavy (non-hydrogen) atoms. The molecule has 2 heterocycles. The van der Waals surface area contributed by atoms with Crippen LogP contribution in [0.2, 0.25) is 0 Å². The number of rotatable bonds is 9. The fourth-order valence-corrected chi connectivity index (χ4v) is 4.29. The van der Waals surface area contributed by atoms with Crippen molar-refractivity contribution in [1.82, 2.24) is 14.9 Å². The van der Waals surface area contributed by atoms with E-state index in [1.807, 2.05) is 30.3 Å². The highest BCUT2D eigenvalue weighted by Crippen LogP contribution is 2.27. The first kappa shape index (κ1) is 20.4. The molecule has 1 aromatic carbocycles. The molecule has 7 nitrogen and oxygen atoms in total. The summed E-state index contributed by atoms with van der Waals surface area (Å²) in [6, 6.07) is 9.97. The Morgan fingerprint density at radius 2 is 2.18 bits per heavy atom. The Kier molecular flexibility index (Phi) is 7.11. The molecule has 1 unspecified atom stereocenters. The molecule has 0 saturated heterocycles. The second-order valence-corrected chi connectivity index (χ2v) is 7.72. The number of fused-ring (bicyclic) bond motifs is 1. The van der Waals surface area contributed by atoms with E-state index in [2.05, 4.69) is 12.2 Å². The van der Waals surface area contributed by atoms with E-state index in [4.69, 9.17) is 15.5 Å². The van der Waals surface area contributed by atoms with Crippen molar-refractivity contribution in [1.29, 1.82) is 0 Å². The van der Waals surface area contributed by atoms with Gasteiger partial charge >= 0.3 is 6.09 Å². The molecule has 0 spiro atoms. The Balaban J connectivity index is 1.84. The third-order valence-corrected chi connectivity index (χ3v) is 5.68. The molecule has 1 aliphatic rings. The number of ether oxygens (including phenoxy) is 1. The predicted octanol–water partition coefficient (Wildman–Crippen LogP) is 2.47. The fourth-order valence-electron chi connectivity index (χ4n) is 3.34. The first-order valence-corrected chi connectivity index (χ1v) is 10.5. The summed E-state index contributed by atoms with van der Waals surface area (Å²) in [5.74, 6) is 0.880. The Morgan fingerprint density at radius 3 is 2.89 bits per heavy atom. The number of hydrogen-bond acceptors (Lipinski definition) is 6. The molecule has 8 heteroatoms. The van der Waals surface area contributed by atoms with Crippen molar-refractivity contribution >= 4 is 17.9 Å². The molecule has 1 aliphatic heterocycles. The third-order valence-electron chi connectivity index (χ3n) is 4.72. The van der Waals surface area contributed by atoms with Crippen LogP contribution in [0.4, 0.5) is 4.79 Å². The average molecular weight is 403 g/mol. The summed E-state index contributed by atoms with van der Waals surface area (Å²) in [4.78, 5) is 28.7. The van der Waals surface area contributed by atoms with Gasteiger partial charge in [0.15, 0.2) is 5.16 Å². The van der Waals surface area contributed by atoms with Crippen LogP contribution >= 0.6 is 11.8 Å². The molecule has 1 aromatic heterocycles. The lowest BCUT2D eigenvalue weighted by Gasteiger charge is -2.21. The highest BCUT2D eigenvalue weighted by Gasteiger charge is 2.24. The lowest BCUT2D eigenvalue weighted by Crippen LogP contribution is -2.32. The molecule has 3 N–H and O–H groups in total. The quantitative estimate of drug-likeness (QED) is 0.494. The van der Waals surface area contributed by atoms with Gasteiger partial charge in [-0.05, 0) is 24.9 Å². The molecule has 0 aliphatic carbocycles. The molecule has 1 atom stereocenters. The number of amides is 1. The molecular weight excluding hydrogens is 376 g/mol. The maximum Gasteiger partial charge on any atom is 0.404 e. The van der Waals surface area contributed by atoms with Crippen LogP contribution in [-0.2, 0) is 17.7 Å². The predicted molar refractivity (Wildman–Crippen MR) is 110 cm³/mol. The Morgan fingerprint density at radius 1 is 1.39 bits per heavy atom. The minimum Gasteiger partial charge on any atom is -0.450 e. The van der Waals surface area contributed by atoms with Crippen molar-refractivity contribution < 1.29 is 9.53 Å². The lowest BCUT2D eigenvalue weighted by molar-refractivity contribution is 0.155. The zero-order chi connectivity index (χ0) is 19.9. The number of hydrogen-bond donors (Lipinski definition) is 2. The molecule has 3 rings (SSSR count). The van der Waals surface area contributed by atoms with E-state index in [-0.39, 0.29) is 18.2 Å². The highest BCUT2D eigenvalue weighted by atomic mass is 32.2. The number of nitrogens with two attached hydrogens (primary N) is 1. The van der Waals surface area contributed by atoms with Crippen molar-refractivity contribution in [2.24, 2.45) is 5.73 Å². The summed E-state index contributed by atoms with van der Waals surface area (Å²) in [5, 5.41) is 4.25. The van der Waals surface area contributed by atoms with Crippen molar-refractivity contribution in [2.45, 2.75) is 43.9 Å². The molecule has 0 bridgehead atoms. The van der Waals surface area contributed by atoms with Crippen molar-refractivity contribution in [3.63, 3.8) is 0 Å². The van der Waals surface area contributed by atoms with E-state index in [0.29, 0.717) is 25.9 Å². The van der Waals surface area contributed by atoms with E-state index in [9.17, 15) is 9.59 Å². The number of benzene rings is 1. The number of nitrogens with one attached hydrogen (secondary N) is 1. The Hall–Kier alpha value is -2.32. The number of aromatic nitrogens is 2. The second-order valence-electron chi connectivity index (χ2n) is 6.66. The van der Waals surface area contributed by atoms with Crippen LogP contribution in [-0.4, -0.2) is 34.5 Å². The highest BCUT2D eigenvalue weighted by molar-refractivity contribution is 7.99. The van der Waals surface area contributed by atoms with Gasteiger partial charge < -0.3 is 15.8 Å². The summed E-state index contributed by atoms with van der Waals surface area (Å²) >= 11 is 1.63. The van der Waals surface area contributed by atoms with Gasteiger partial charge in [0.25, 0.3) is 5.56 Å². The number of nitrogens with zero attached hydrogens (tertiary/aromatic N) is 2. The Bertz CT molecular complexity index is 870. The maximum absolute atomic E-state index is 13.2. The molecule has 0 radical (unpaired) electrons. The number of primary amides is 1. The van der Waals surface area contributed by atoms with E-state index < -0.39 is 6.09 Å². The molecule has 1 amide bonds. The van der Waals surface area contributed by atoms with Crippen molar-refractivity contribution in [3.05, 3.63) is 57.5 Å². The average Bonchev–Trinajstić information content (AvgIpc) is 3.16. The standard InChI is InChI=1S/C20H26N4O3S/c1-2-16(22-9-6-11-27-19(21)26)17-15(13-14-7-4-3-5-8-14)18(25)24-10-12-28-20(24)23-17/h3-5,7-8,16,22H,2,6,9-13H2,1H3,(H2,21,26). The van der Waals surface area contributed by atoms with Crippen LogP contribution < -0.4 is 16.6 Å². The van der Waals surface area contributed by atoms with Gasteiger partial charge in [0.2, 0.25) is 0 Å². The van der Waals surface area contributed by atoms with Crippen LogP contribution in [0.15, 0.2) is 40.3 Å². The van der Waals surface area contributed by atoms with Crippen LogP contribution in [0, 0.1) is 0 Å². The molecule has 0 saturated carbocycles. The third kappa shape index (κ3) is 4.94. The van der Waals surface area contributed by atoms with Crippen LogP contribution in [0.25, 0.3) is 0 Å². The summed E-state index contributed by atoms with van der Waals surface area (Å²) in [5.41, 5.74) is 7.72. The fraction of sp³-hybridized carbons (Fsp3) is 0.450. The van der Waals surface area contributed by atoms with E-state index >= 15 is 0 Å². The van der Waals surface area contributed by atoms with E-state index in [0.717, 1.165) is 34.2 Å². The lowest BCUT2D eigenvalue weighted by atomic mass is 9.99. The van der Waals surface area contributed by atoms with Gasteiger partial charge in [-0.3, -0.25) is 9.36 Å². The van der Waals surface area contributed by atoms with Gasteiger partial charge in [0.05, 0.1) is 12.3 Å². The number of thioether (sulfide) groups is 1. The number of carbonyl (C=O) groups excluding carboxylic acids is 1. The summed E-state index contributed by atoms with van der Waals surface area (Å²) < 4.78 is 6.56. The zero-order valence-corrected chi connectivity index (χ0v) is 16.8. The first-order chi connectivity index (χ1) is 13.6. The van der Waals surface area contributed by atoms with Gasteiger partial charge in [-0.1, -0.05) is 49.0 Å². The first-order valence-electron chi connectivity index (χ1n) is 9.56. The van der Waals surface area contributed by atoms with Gasteiger partial charge in [-0.2, -0.15) is 0 Å². The summed E-state index contributed by atoms with van der Waals surface area (Å²) in [6.07, 6.45) is 1.25. The minimum atomic E-state index is -0.762. The molecular formula is C20H26N4O3S. The van der Waals surface area contributed by atoms with Gasteiger partial charge in [0, 0.05) is 30.3 Å². The van der Waals surface area contributed by atoms with Crippen LogP contribution in [0.1, 0.15) is 42.6 Å². The van der Waals surface area contributed by atoms with Gasteiger partial charge in [-0.15, -0.1) is 0 Å². The van der Waals surface area contributed by atoms with E-state index in [1.54, 1.807) is 16.3 Å². The van der Waals surface area contributed by atoms with Crippen molar-refractivity contribution in [2.75, 3.05) is 18.9 Å². The molecule has 2 aromatic rings. The normalized spacial score (nSPS) is 13.9. The summed E-state index contributed by atoms with van der Waals surface area (Å²) in [6.45, 7) is 3.70. The van der Waals surface area contributed by atoms with Crippen LogP contribution in [0.5, 0.6) is 0 Å². The maximum atomic E-state index is 13.2. The monoisotopic (exact) mass is 402 g/mol. The van der Waals surface area contributed by atoms with Crippen molar-refractivity contribution in [3.8, 4) is 0 Å². The Labute approximate surface area is 168 Å². The summed E-state index contributed by atoms with van der Waals surface area (Å²) in [7, 11) is 0. The smallest absolute Gasteiger partial charge is 0.404 e. The molecule has 150 valence electrons. The van der Waals surface area contributed by atoms with E-state index in [1.165, 1.54) is 0 Å². The zero-order valence-electron chi connectivity index (χ0n) is 16.0. The second kappa shape index (κ2) is 9.75. The van der Waals surface area contributed by atoms with Gasteiger partial charge in [0.1, 0.15) is 0 Å². The van der Waals surface area contributed by atoms with Gasteiger partial charge in [-0.25, -0.2) is 9.78 Å². The topological polar surface area (TPSA) is 99.2 Å². The largest absolute Gasteiger partial charge is 0.450 e. The molecule has 0 fully saturated rings. The SMILES string of the molecule is CCC(NCCCOC(N)=O)c1nc2n(c(=O)c1Cc1ccccc1)CCS2. The van der Waals surface area contributed by atoms with Crippen LogP contribution in [0.3, 0.4) is 0 Å². The minimum absolute atomic E-state index is 0.0351. The number of carbonyl (C=O) groups is 1.